The number of carbonyl (C=O) groups is 2. The van der Waals surface area contributed by atoms with E-state index in [0.717, 1.165) is 16.3 Å². The number of methoxy groups -OCH3 is 1. The summed E-state index contributed by atoms with van der Waals surface area (Å²) in [4.78, 5) is 24.7. The fourth-order valence-corrected chi connectivity index (χ4v) is 3.88. The van der Waals surface area contributed by atoms with Crippen LogP contribution >= 0.6 is 0 Å². The van der Waals surface area contributed by atoms with Crippen molar-refractivity contribution in [3.8, 4) is 23.5 Å². The van der Waals surface area contributed by atoms with Gasteiger partial charge in [-0.25, -0.2) is 4.79 Å². The highest BCUT2D eigenvalue weighted by Gasteiger charge is 2.46. The molecule has 160 valence electrons. The number of benzene rings is 2. The highest BCUT2D eigenvalue weighted by atomic mass is 16.5. The van der Waals surface area contributed by atoms with E-state index >= 15 is 0 Å². The van der Waals surface area contributed by atoms with Gasteiger partial charge in [-0.2, -0.15) is 5.10 Å². The lowest BCUT2D eigenvalue weighted by Crippen LogP contribution is -2.49. The number of amides is 3. The summed E-state index contributed by atoms with van der Waals surface area (Å²) in [6.07, 6.45) is 3.44. The molecule has 3 N–H and O–H groups in total. The van der Waals surface area contributed by atoms with Crippen molar-refractivity contribution in [2.75, 3.05) is 7.11 Å². The van der Waals surface area contributed by atoms with Crippen molar-refractivity contribution in [3.63, 3.8) is 0 Å². The van der Waals surface area contributed by atoms with Crippen LogP contribution in [0.5, 0.6) is 11.6 Å². The first-order valence-corrected chi connectivity index (χ1v) is 9.83. The number of rotatable bonds is 3. The van der Waals surface area contributed by atoms with Gasteiger partial charge in [0.2, 0.25) is 5.54 Å². The van der Waals surface area contributed by atoms with Crippen LogP contribution in [0.1, 0.15) is 5.56 Å². The molecule has 9 heteroatoms. The third-order valence-corrected chi connectivity index (χ3v) is 5.58. The second kappa shape index (κ2) is 7.06. The fourth-order valence-electron chi connectivity index (χ4n) is 3.88. The molecule has 1 aliphatic rings. The molecular weight excluding hydrogens is 410 g/mol. The smallest absolute Gasteiger partial charge is 0.323 e. The number of hydrogen-bond acceptors (Lipinski definition) is 5. The van der Waals surface area contributed by atoms with Gasteiger partial charge in [0.1, 0.15) is 5.75 Å². The average Bonchev–Trinajstić information content (AvgIpc) is 3.40. The number of aryl methyl sites for hydroxylation is 1. The molecular formula is C23H19N5O4. The lowest BCUT2D eigenvalue weighted by Gasteiger charge is -2.20. The molecule has 4 aromatic rings. The number of ether oxygens (including phenoxy) is 1. The number of nitrogens with one attached hydrogen (secondary N) is 2. The molecule has 0 saturated carbocycles. The maximum Gasteiger partial charge on any atom is 0.323 e. The van der Waals surface area contributed by atoms with Gasteiger partial charge in [-0.1, -0.05) is 11.8 Å². The molecule has 2 aromatic heterocycles. The number of fused-ring (bicyclic) bond motifs is 2. The van der Waals surface area contributed by atoms with Crippen molar-refractivity contribution < 1.29 is 19.4 Å². The molecule has 0 aliphatic carbocycles. The number of urea groups is 1. The molecule has 0 unspecified atom stereocenters. The highest BCUT2D eigenvalue weighted by molar-refractivity contribution is 6.09. The summed E-state index contributed by atoms with van der Waals surface area (Å²) in [5.74, 6) is 5.89. The highest BCUT2D eigenvalue weighted by Crippen LogP contribution is 2.32. The van der Waals surface area contributed by atoms with E-state index in [0.29, 0.717) is 16.7 Å². The second-order valence-electron chi connectivity index (χ2n) is 7.64. The van der Waals surface area contributed by atoms with E-state index in [1.165, 1.54) is 4.57 Å². The summed E-state index contributed by atoms with van der Waals surface area (Å²) in [6.45, 7) is -0.0739. The molecule has 1 saturated heterocycles. The third-order valence-electron chi connectivity index (χ3n) is 5.58. The van der Waals surface area contributed by atoms with Crippen LogP contribution in [0.25, 0.3) is 21.7 Å². The average molecular weight is 429 g/mol. The largest absolute Gasteiger partial charge is 0.497 e. The van der Waals surface area contributed by atoms with Crippen LogP contribution in [0.3, 0.4) is 0 Å². The Balaban J connectivity index is 1.55. The minimum absolute atomic E-state index is 0.0502. The molecule has 3 heterocycles. The zero-order valence-corrected chi connectivity index (χ0v) is 17.3. The predicted molar refractivity (Wildman–Crippen MR) is 117 cm³/mol. The van der Waals surface area contributed by atoms with Crippen LogP contribution in [0.2, 0.25) is 0 Å². The van der Waals surface area contributed by atoms with E-state index < -0.39 is 17.5 Å². The van der Waals surface area contributed by atoms with Crippen LogP contribution in [0.4, 0.5) is 4.79 Å². The zero-order valence-electron chi connectivity index (χ0n) is 17.3. The lowest BCUT2D eigenvalue weighted by molar-refractivity contribution is -0.122. The monoisotopic (exact) mass is 429 g/mol. The maximum absolute atomic E-state index is 12.7. The van der Waals surface area contributed by atoms with Crippen LogP contribution < -0.4 is 15.4 Å². The standard InChI is InChI=1S/C23H19N5O4/c1-27-19-6-3-14(9-16(19)11-24-27)7-8-23(21(30)25-22(31)26-23)13-28-12-15-4-5-17(32-2)10-18(15)20(28)29/h3-6,9-12,29H,13H2,1-2H3,(H2,25,26,30,31)/t23-/m1/s1. The normalized spacial score (nSPS) is 17.8. The van der Waals surface area contributed by atoms with E-state index in [9.17, 15) is 14.7 Å². The summed E-state index contributed by atoms with van der Waals surface area (Å²) in [5.41, 5.74) is 0.0828. The van der Waals surface area contributed by atoms with Gasteiger partial charge in [-0.3, -0.25) is 14.8 Å². The Kier molecular flexibility index (Phi) is 4.30. The van der Waals surface area contributed by atoms with Gasteiger partial charge in [-0.05, 0) is 36.4 Å². The van der Waals surface area contributed by atoms with Gasteiger partial charge in [0.05, 0.1) is 25.4 Å². The van der Waals surface area contributed by atoms with Crippen molar-refractivity contribution in [2.45, 2.75) is 12.1 Å². The Bertz CT molecular complexity index is 1470. The zero-order chi connectivity index (χ0) is 22.5. The Morgan fingerprint density at radius 2 is 2.03 bits per heavy atom. The second-order valence-corrected chi connectivity index (χ2v) is 7.64. The topological polar surface area (TPSA) is 110 Å². The number of aromatic hydroxyl groups is 1. The van der Waals surface area contributed by atoms with E-state index in [1.807, 2.05) is 25.2 Å². The van der Waals surface area contributed by atoms with Crippen LogP contribution in [0.15, 0.2) is 48.8 Å². The van der Waals surface area contributed by atoms with Gasteiger partial charge in [0.15, 0.2) is 5.88 Å². The summed E-state index contributed by atoms with van der Waals surface area (Å²) >= 11 is 0. The molecule has 9 nitrogen and oxygen atoms in total. The minimum Gasteiger partial charge on any atom is -0.497 e. The van der Waals surface area contributed by atoms with E-state index in [1.54, 1.807) is 42.4 Å². The summed E-state index contributed by atoms with van der Waals surface area (Å²) in [6, 6.07) is 10.2. The van der Waals surface area contributed by atoms with Gasteiger partial charge in [0.25, 0.3) is 5.91 Å². The molecule has 32 heavy (non-hydrogen) atoms. The van der Waals surface area contributed by atoms with Crippen LogP contribution in [-0.4, -0.2) is 44.0 Å². The minimum atomic E-state index is -1.54. The molecule has 0 radical (unpaired) electrons. The maximum atomic E-state index is 12.7. The van der Waals surface area contributed by atoms with Crippen molar-refractivity contribution in [1.82, 2.24) is 25.0 Å². The molecule has 3 amide bonds. The van der Waals surface area contributed by atoms with E-state index in [4.69, 9.17) is 4.74 Å². The predicted octanol–water partition coefficient (Wildman–Crippen LogP) is 1.87. The summed E-state index contributed by atoms with van der Waals surface area (Å²) in [5, 5.41) is 22.1. The third kappa shape index (κ3) is 3.09. The first kappa shape index (κ1) is 19.5. The number of imide groups is 1. The summed E-state index contributed by atoms with van der Waals surface area (Å²) < 4.78 is 8.47. The van der Waals surface area contributed by atoms with Crippen LogP contribution in [0, 0.1) is 11.8 Å². The Hall–Kier alpha value is -4.45. The first-order chi connectivity index (χ1) is 15.4. The van der Waals surface area contributed by atoms with Crippen LogP contribution in [-0.2, 0) is 18.4 Å². The molecule has 0 bridgehead atoms. The number of hydrogen-bond donors (Lipinski definition) is 3. The number of aromatic nitrogens is 3. The van der Waals surface area contributed by atoms with Crippen molar-refractivity contribution in [3.05, 3.63) is 54.4 Å². The van der Waals surface area contributed by atoms with Crippen molar-refractivity contribution in [1.29, 1.82) is 0 Å². The molecule has 0 spiro atoms. The SMILES string of the molecule is COc1ccc2cn(C[C@@]3(C#Cc4ccc5c(cnn5C)c4)NC(=O)NC3=O)c(O)c2c1. The van der Waals surface area contributed by atoms with Crippen molar-refractivity contribution in [2.24, 2.45) is 7.05 Å². The summed E-state index contributed by atoms with van der Waals surface area (Å²) in [7, 11) is 3.39. The molecule has 1 aliphatic heterocycles. The fraction of sp³-hybridized carbons (Fsp3) is 0.174. The van der Waals surface area contributed by atoms with Gasteiger partial charge in [-0.15, -0.1) is 0 Å². The number of carbonyl (C=O) groups excluding carboxylic acids is 2. The Morgan fingerprint density at radius 1 is 1.19 bits per heavy atom. The van der Waals surface area contributed by atoms with Crippen molar-refractivity contribution >= 4 is 33.6 Å². The molecule has 1 atom stereocenters. The Morgan fingerprint density at radius 3 is 2.78 bits per heavy atom. The first-order valence-electron chi connectivity index (χ1n) is 9.83. The quantitative estimate of drug-likeness (QED) is 0.340. The molecule has 5 rings (SSSR count). The van der Waals surface area contributed by atoms with E-state index in [-0.39, 0.29) is 12.4 Å². The number of nitrogens with zero attached hydrogens (tertiary/aromatic N) is 3. The van der Waals surface area contributed by atoms with E-state index in [2.05, 4.69) is 27.6 Å². The van der Waals surface area contributed by atoms with Gasteiger partial charge in [0, 0.05) is 35.0 Å². The van der Waals surface area contributed by atoms with Gasteiger partial charge >= 0.3 is 6.03 Å². The Labute approximate surface area is 182 Å². The molecule has 1 fully saturated rings. The van der Waals surface area contributed by atoms with Gasteiger partial charge < -0.3 is 19.7 Å². The lowest BCUT2D eigenvalue weighted by atomic mass is 9.99. The molecule has 2 aromatic carbocycles.